The first-order valence-corrected chi connectivity index (χ1v) is 10.8. The molecule has 1 unspecified atom stereocenters. The van der Waals surface area contributed by atoms with Crippen LogP contribution in [0.25, 0.3) is 0 Å². The molecule has 1 aliphatic heterocycles. The fraction of sp³-hybridized carbons (Fsp3) is 0.696. The molecule has 1 saturated carbocycles. The molecule has 5 heteroatoms. The van der Waals surface area contributed by atoms with Crippen LogP contribution in [0, 0.1) is 33.6 Å². The average Bonchev–Trinajstić information content (AvgIpc) is 3.51. The highest BCUT2D eigenvalue weighted by Crippen LogP contribution is 2.33. The standard InChI is InChI=1S/C23H38N4O/c1-14-16(3)22(17(4)15(2)21(14)24)25-18(5)23(28)26(6)20-9-11-27(12-10-20)13-19-7-8-19/h18-20,25H,7-13,24H2,1-6H3. The molecule has 3 rings (SSSR count). The molecule has 1 amide bonds. The quantitative estimate of drug-likeness (QED) is 0.733. The van der Waals surface area contributed by atoms with Crippen molar-refractivity contribution in [3.8, 4) is 0 Å². The highest BCUT2D eigenvalue weighted by molar-refractivity contribution is 5.85. The molecule has 1 heterocycles. The van der Waals surface area contributed by atoms with E-state index in [-0.39, 0.29) is 11.9 Å². The third kappa shape index (κ3) is 4.29. The molecule has 1 saturated heterocycles. The Labute approximate surface area is 170 Å². The Morgan fingerprint density at radius 3 is 2.11 bits per heavy atom. The largest absolute Gasteiger partial charge is 0.398 e. The van der Waals surface area contributed by atoms with Gasteiger partial charge in [-0.1, -0.05) is 0 Å². The zero-order valence-corrected chi connectivity index (χ0v) is 18.6. The zero-order chi connectivity index (χ0) is 20.6. The van der Waals surface area contributed by atoms with E-state index in [2.05, 4.69) is 37.9 Å². The van der Waals surface area contributed by atoms with Gasteiger partial charge in [-0.25, -0.2) is 0 Å². The van der Waals surface area contributed by atoms with Gasteiger partial charge in [-0.2, -0.15) is 0 Å². The van der Waals surface area contributed by atoms with Crippen LogP contribution >= 0.6 is 0 Å². The fourth-order valence-electron chi connectivity index (χ4n) is 4.48. The third-order valence-electron chi connectivity index (χ3n) is 7.08. The van der Waals surface area contributed by atoms with E-state index in [9.17, 15) is 4.79 Å². The molecular formula is C23H38N4O. The molecule has 0 aromatic heterocycles. The number of nitrogens with two attached hydrogens (primary N) is 1. The van der Waals surface area contributed by atoms with Crippen LogP contribution in [0.1, 0.15) is 54.9 Å². The first kappa shape index (κ1) is 21.0. The van der Waals surface area contributed by atoms with Gasteiger partial charge in [0.15, 0.2) is 0 Å². The number of carbonyl (C=O) groups is 1. The van der Waals surface area contributed by atoms with E-state index < -0.39 is 0 Å². The minimum atomic E-state index is -0.255. The maximum atomic E-state index is 13.1. The van der Waals surface area contributed by atoms with E-state index in [1.165, 1.54) is 19.4 Å². The average molecular weight is 387 g/mol. The lowest BCUT2D eigenvalue weighted by atomic mass is 9.95. The minimum absolute atomic E-state index is 0.173. The number of benzene rings is 1. The first-order chi connectivity index (χ1) is 13.2. The van der Waals surface area contributed by atoms with Crippen molar-refractivity contribution in [3.63, 3.8) is 0 Å². The van der Waals surface area contributed by atoms with Crippen molar-refractivity contribution < 1.29 is 4.79 Å². The van der Waals surface area contributed by atoms with Crippen molar-refractivity contribution in [1.82, 2.24) is 9.80 Å². The Kier molecular flexibility index (Phi) is 6.23. The Bertz CT molecular complexity index is 704. The molecule has 5 nitrogen and oxygen atoms in total. The molecule has 156 valence electrons. The number of hydrogen-bond acceptors (Lipinski definition) is 4. The zero-order valence-electron chi connectivity index (χ0n) is 18.6. The molecule has 3 N–H and O–H groups in total. The van der Waals surface area contributed by atoms with Crippen LogP contribution in [-0.2, 0) is 4.79 Å². The summed E-state index contributed by atoms with van der Waals surface area (Å²) < 4.78 is 0. The van der Waals surface area contributed by atoms with E-state index >= 15 is 0 Å². The molecule has 0 radical (unpaired) electrons. The lowest BCUT2D eigenvalue weighted by Gasteiger charge is -2.38. The summed E-state index contributed by atoms with van der Waals surface area (Å²) in [6, 6.07) is 0.0959. The van der Waals surface area contributed by atoms with Crippen molar-refractivity contribution in [2.75, 3.05) is 37.7 Å². The number of anilines is 2. The molecule has 0 bridgehead atoms. The van der Waals surface area contributed by atoms with Gasteiger partial charge in [0.1, 0.15) is 6.04 Å². The van der Waals surface area contributed by atoms with Gasteiger partial charge in [0.25, 0.3) is 0 Å². The van der Waals surface area contributed by atoms with Gasteiger partial charge in [0, 0.05) is 44.1 Å². The van der Waals surface area contributed by atoms with Crippen LogP contribution < -0.4 is 11.1 Å². The van der Waals surface area contributed by atoms with Crippen molar-refractivity contribution in [1.29, 1.82) is 0 Å². The fourth-order valence-corrected chi connectivity index (χ4v) is 4.48. The van der Waals surface area contributed by atoms with E-state index in [1.807, 2.05) is 18.9 Å². The lowest BCUT2D eigenvalue weighted by Crippen LogP contribution is -2.49. The molecule has 2 fully saturated rings. The first-order valence-electron chi connectivity index (χ1n) is 10.8. The second-order valence-electron chi connectivity index (χ2n) is 9.08. The molecule has 2 aliphatic rings. The summed E-state index contributed by atoms with van der Waals surface area (Å²) in [4.78, 5) is 17.7. The van der Waals surface area contributed by atoms with Gasteiger partial charge < -0.3 is 20.9 Å². The molecule has 1 atom stereocenters. The molecular weight excluding hydrogens is 348 g/mol. The number of nitrogen functional groups attached to an aromatic ring is 1. The van der Waals surface area contributed by atoms with E-state index in [0.29, 0.717) is 6.04 Å². The number of nitrogens with one attached hydrogen (secondary N) is 1. The van der Waals surface area contributed by atoms with Gasteiger partial charge in [0.05, 0.1) is 0 Å². The van der Waals surface area contributed by atoms with Gasteiger partial charge >= 0.3 is 0 Å². The van der Waals surface area contributed by atoms with Gasteiger partial charge in [-0.05, 0) is 88.5 Å². The van der Waals surface area contributed by atoms with Crippen LogP contribution in [0.2, 0.25) is 0 Å². The van der Waals surface area contributed by atoms with Crippen LogP contribution in [0.15, 0.2) is 0 Å². The molecule has 28 heavy (non-hydrogen) atoms. The number of carbonyl (C=O) groups excluding carboxylic acids is 1. The molecule has 1 aromatic rings. The van der Waals surface area contributed by atoms with Crippen molar-refractivity contribution in [3.05, 3.63) is 22.3 Å². The number of piperidine rings is 1. The van der Waals surface area contributed by atoms with Crippen LogP contribution in [-0.4, -0.2) is 54.5 Å². The highest BCUT2D eigenvalue weighted by Gasteiger charge is 2.31. The van der Waals surface area contributed by atoms with Gasteiger partial charge in [0.2, 0.25) is 5.91 Å². The number of likely N-dealkylation sites (N-methyl/N-ethyl adjacent to an activating group) is 1. The van der Waals surface area contributed by atoms with Gasteiger partial charge in [-0.3, -0.25) is 4.79 Å². The Morgan fingerprint density at radius 1 is 1.07 bits per heavy atom. The van der Waals surface area contributed by atoms with Crippen molar-refractivity contribution in [2.45, 2.75) is 72.4 Å². The van der Waals surface area contributed by atoms with Gasteiger partial charge in [-0.15, -0.1) is 0 Å². The summed E-state index contributed by atoms with van der Waals surface area (Å²) in [5, 5.41) is 3.49. The van der Waals surface area contributed by atoms with E-state index in [1.54, 1.807) is 0 Å². The monoisotopic (exact) mass is 386 g/mol. The number of likely N-dealkylation sites (tertiary alicyclic amines) is 1. The smallest absolute Gasteiger partial charge is 0.244 e. The second kappa shape index (κ2) is 8.32. The number of amides is 1. The molecule has 1 aromatic carbocycles. The summed E-state index contributed by atoms with van der Waals surface area (Å²) in [5.74, 6) is 1.12. The van der Waals surface area contributed by atoms with Crippen molar-refractivity contribution >= 4 is 17.3 Å². The predicted molar refractivity (Wildman–Crippen MR) is 118 cm³/mol. The van der Waals surface area contributed by atoms with Crippen molar-refractivity contribution in [2.24, 2.45) is 5.92 Å². The second-order valence-corrected chi connectivity index (χ2v) is 9.08. The van der Waals surface area contributed by atoms with E-state index in [0.717, 1.165) is 65.5 Å². The number of nitrogens with zero attached hydrogens (tertiary/aromatic N) is 2. The lowest BCUT2D eigenvalue weighted by molar-refractivity contribution is -0.133. The van der Waals surface area contributed by atoms with Crippen LogP contribution in [0.3, 0.4) is 0 Å². The summed E-state index contributed by atoms with van der Waals surface area (Å²) in [5.41, 5.74) is 12.6. The summed E-state index contributed by atoms with van der Waals surface area (Å²) >= 11 is 0. The van der Waals surface area contributed by atoms with E-state index in [4.69, 9.17) is 5.73 Å². The SMILES string of the molecule is Cc1c(C)c(NC(C)C(=O)N(C)C2CCN(CC3CC3)CC2)c(C)c(C)c1N. The normalized spacial score (nSPS) is 19.5. The third-order valence-corrected chi connectivity index (χ3v) is 7.08. The highest BCUT2D eigenvalue weighted by atomic mass is 16.2. The summed E-state index contributed by atoms with van der Waals surface area (Å²) in [6.45, 7) is 13.7. The molecule has 1 aliphatic carbocycles. The maximum absolute atomic E-state index is 13.1. The summed E-state index contributed by atoms with van der Waals surface area (Å²) in [7, 11) is 1.97. The Hall–Kier alpha value is -1.75. The Morgan fingerprint density at radius 2 is 1.61 bits per heavy atom. The maximum Gasteiger partial charge on any atom is 0.244 e. The molecule has 0 spiro atoms. The predicted octanol–water partition coefficient (Wildman–Crippen LogP) is 3.64. The Balaban J connectivity index is 1.61. The summed E-state index contributed by atoms with van der Waals surface area (Å²) in [6.07, 6.45) is 4.98. The topological polar surface area (TPSA) is 61.6 Å². The van der Waals surface area contributed by atoms with Crippen LogP contribution in [0.4, 0.5) is 11.4 Å². The minimum Gasteiger partial charge on any atom is -0.398 e. The number of rotatable bonds is 6. The van der Waals surface area contributed by atoms with Crippen LogP contribution in [0.5, 0.6) is 0 Å². The number of hydrogen-bond donors (Lipinski definition) is 2.